The molecular weight excluding hydrogens is 382 g/mol. The van der Waals surface area contributed by atoms with Gasteiger partial charge in [0.15, 0.2) is 5.13 Å². The summed E-state index contributed by atoms with van der Waals surface area (Å²) in [6.45, 7) is 6.99. The number of hydrogen-bond acceptors (Lipinski definition) is 4. The zero-order valence-electron chi connectivity index (χ0n) is 16.8. The summed E-state index contributed by atoms with van der Waals surface area (Å²) >= 11 is 1.42. The number of carbonyl (C=O) groups is 2. The van der Waals surface area contributed by atoms with Crippen LogP contribution >= 0.6 is 11.3 Å². The molecule has 0 radical (unpaired) electrons. The molecule has 0 aliphatic carbocycles. The summed E-state index contributed by atoms with van der Waals surface area (Å²) in [4.78, 5) is 30.9. The van der Waals surface area contributed by atoms with Gasteiger partial charge in [-0.25, -0.2) is 4.98 Å². The smallest absolute Gasteiger partial charge is 0.257 e. The Kier molecular flexibility index (Phi) is 5.20. The van der Waals surface area contributed by atoms with E-state index in [-0.39, 0.29) is 11.8 Å². The molecule has 5 nitrogen and oxygen atoms in total. The number of aryl methyl sites for hydroxylation is 3. The molecule has 2 amide bonds. The summed E-state index contributed by atoms with van der Waals surface area (Å²) in [6.07, 6.45) is 1.47. The molecule has 2 aromatic carbocycles. The molecular formula is C23H23N3O2S. The van der Waals surface area contributed by atoms with E-state index in [1.807, 2.05) is 17.5 Å². The van der Waals surface area contributed by atoms with Crippen molar-refractivity contribution in [2.75, 3.05) is 16.8 Å². The van der Waals surface area contributed by atoms with Crippen molar-refractivity contribution in [2.45, 2.75) is 33.6 Å². The first-order chi connectivity index (χ1) is 13.9. The van der Waals surface area contributed by atoms with Crippen LogP contribution in [0.3, 0.4) is 0 Å². The molecule has 0 unspecified atom stereocenters. The minimum absolute atomic E-state index is 0.138. The highest BCUT2D eigenvalue weighted by Crippen LogP contribution is 2.31. The molecule has 0 spiro atoms. The van der Waals surface area contributed by atoms with E-state index in [4.69, 9.17) is 0 Å². The molecule has 2 heterocycles. The molecule has 1 aromatic heterocycles. The van der Waals surface area contributed by atoms with Gasteiger partial charge in [-0.05, 0) is 62.6 Å². The summed E-state index contributed by atoms with van der Waals surface area (Å²) in [5, 5.41) is 5.43. The molecule has 6 heteroatoms. The third kappa shape index (κ3) is 3.93. The van der Waals surface area contributed by atoms with Gasteiger partial charge in [-0.2, -0.15) is 0 Å². The maximum atomic E-state index is 12.6. The topological polar surface area (TPSA) is 62.3 Å². The maximum Gasteiger partial charge on any atom is 0.257 e. The van der Waals surface area contributed by atoms with Crippen molar-refractivity contribution in [1.82, 2.24) is 4.98 Å². The zero-order valence-corrected chi connectivity index (χ0v) is 17.6. The van der Waals surface area contributed by atoms with Gasteiger partial charge >= 0.3 is 0 Å². The molecule has 148 valence electrons. The Morgan fingerprint density at radius 3 is 2.41 bits per heavy atom. The van der Waals surface area contributed by atoms with Crippen molar-refractivity contribution in [3.05, 3.63) is 64.0 Å². The van der Waals surface area contributed by atoms with Crippen LogP contribution in [0.1, 0.15) is 39.9 Å². The number of hydrogen-bond donors (Lipinski definition) is 1. The second-order valence-corrected chi connectivity index (χ2v) is 8.32. The highest BCUT2D eigenvalue weighted by Gasteiger charge is 2.21. The third-order valence-electron chi connectivity index (χ3n) is 5.17. The van der Waals surface area contributed by atoms with Gasteiger partial charge in [-0.3, -0.25) is 14.9 Å². The summed E-state index contributed by atoms with van der Waals surface area (Å²) in [5.74, 6) is -0.0678. The first-order valence-electron chi connectivity index (χ1n) is 9.68. The molecule has 0 saturated carbocycles. The predicted octanol–water partition coefficient (Wildman–Crippen LogP) is 5.11. The zero-order chi connectivity index (χ0) is 20.5. The van der Waals surface area contributed by atoms with Gasteiger partial charge in [-0.15, -0.1) is 11.3 Å². The Labute approximate surface area is 174 Å². The molecule has 1 fully saturated rings. The fourth-order valence-corrected chi connectivity index (χ4v) is 4.61. The number of carbonyl (C=O) groups excluding carboxylic acids is 2. The van der Waals surface area contributed by atoms with E-state index in [0.717, 1.165) is 29.9 Å². The fraction of sp³-hybridized carbons (Fsp3) is 0.261. The van der Waals surface area contributed by atoms with Crippen molar-refractivity contribution in [3.8, 4) is 11.3 Å². The quantitative estimate of drug-likeness (QED) is 0.656. The Balaban J connectivity index is 1.49. The molecule has 1 N–H and O–H groups in total. The van der Waals surface area contributed by atoms with Crippen LogP contribution in [0.5, 0.6) is 0 Å². The van der Waals surface area contributed by atoms with E-state index in [1.54, 1.807) is 17.0 Å². The van der Waals surface area contributed by atoms with Gasteiger partial charge < -0.3 is 4.90 Å². The fourth-order valence-electron chi connectivity index (χ4n) is 3.91. The molecule has 1 aliphatic heterocycles. The van der Waals surface area contributed by atoms with E-state index in [1.165, 1.54) is 28.0 Å². The number of thiazole rings is 1. The van der Waals surface area contributed by atoms with Crippen LogP contribution in [0, 0.1) is 20.8 Å². The lowest BCUT2D eigenvalue weighted by Crippen LogP contribution is -2.23. The summed E-state index contributed by atoms with van der Waals surface area (Å²) in [6, 6.07) is 11.4. The van der Waals surface area contributed by atoms with Crippen LogP contribution in [0.2, 0.25) is 0 Å². The lowest BCUT2D eigenvalue weighted by molar-refractivity contribution is -0.117. The number of nitrogens with zero attached hydrogens (tertiary/aromatic N) is 2. The molecule has 3 aromatic rings. The lowest BCUT2D eigenvalue weighted by atomic mass is 9.98. The Bertz CT molecular complexity index is 1060. The van der Waals surface area contributed by atoms with Crippen molar-refractivity contribution >= 4 is 34.0 Å². The highest BCUT2D eigenvalue weighted by atomic mass is 32.1. The molecule has 4 rings (SSSR count). The lowest BCUT2D eigenvalue weighted by Gasteiger charge is -2.15. The average Bonchev–Trinajstić information content (AvgIpc) is 3.30. The van der Waals surface area contributed by atoms with Crippen molar-refractivity contribution < 1.29 is 9.59 Å². The largest absolute Gasteiger partial charge is 0.312 e. The van der Waals surface area contributed by atoms with Gasteiger partial charge in [0.1, 0.15) is 0 Å². The standard InChI is InChI=1S/C23H23N3O2S/c1-14-11-15(2)21(16(3)12-14)19-13-29-23(24-19)25-22(28)17-6-8-18(9-7-17)26-10-4-5-20(26)27/h6-9,11-13H,4-5,10H2,1-3H3,(H,24,25,28). The number of anilines is 2. The minimum atomic E-state index is -0.206. The summed E-state index contributed by atoms with van der Waals surface area (Å²) < 4.78 is 0. The first-order valence-corrected chi connectivity index (χ1v) is 10.6. The van der Waals surface area contributed by atoms with Gasteiger partial charge in [0.05, 0.1) is 5.69 Å². The number of aromatic nitrogens is 1. The number of nitrogens with one attached hydrogen (secondary N) is 1. The predicted molar refractivity (Wildman–Crippen MR) is 118 cm³/mol. The van der Waals surface area contributed by atoms with E-state index in [2.05, 4.69) is 43.2 Å². The van der Waals surface area contributed by atoms with E-state index in [9.17, 15) is 9.59 Å². The SMILES string of the molecule is Cc1cc(C)c(-c2csc(NC(=O)c3ccc(N4CCCC4=O)cc3)n2)c(C)c1. The van der Waals surface area contributed by atoms with Crippen LogP contribution < -0.4 is 10.2 Å². The second kappa shape index (κ2) is 7.79. The molecule has 0 bridgehead atoms. The summed E-state index contributed by atoms with van der Waals surface area (Å²) in [5.41, 5.74) is 6.96. The number of benzene rings is 2. The molecule has 29 heavy (non-hydrogen) atoms. The van der Waals surface area contributed by atoms with Gasteiger partial charge in [0.2, 0.25) is 5.91 Å². The van der Waals surface area contributed by atoms with Gasteiger partial charge in [-0.1, -0.05) is 17.7 Å². The number of rotatable bonds is 4. The van der Waals surface area contributed by atoms with Crippen LogP contribution in [-0.2, 0) is 4.79 Å². The van der Waals surface area contributed by atoms with Gasteiger partial charge in [0, 0.05) is 35.2 Å². The van der Waals surface area contributed by atoms with E-state index >= 15 is 0 Å². The van der Waals surface area contributed by atoms with Crippen molar-refractivity contribution in [2.24, 2.45) is 0 Å². The normalized spacial score (nSPS) is 13.8. The summed E-state index contributed by atoms with van der Waals surface area (Å²) in [7, 11) is 0. The van der Waals surface area contributed by atoms with Gasteiger partial charge in [0.25, 0.3) is 5.91 Å². The van der Waals surface area contributed by atoms with E-state index < -0.39 is 0 Å². The molecule has 1 saturated heterocycles. The van der Waals surface area contributed by atoms with E-state index in [0.29, 0.717) is 17.1 Å². The van der Waals surface area contributed by atoms with Crippen molar-refractivity contribution in [1.29, 1.82) is 0 Å². The Morgan fingerprint density at radius 2 is 1.79 bits per heavy atom. The average molecular weight is 406 g/mol. The molecule has 1 aliphatic rings. The minimum Gasteiger partial charge on any atom is -0.312 e. The van der Waals surface area contributed by atoms with Crippen LogP contribution in [-0.4, -0.2) is 23.3 Å². The molecule has 0 atom stereocenters. The van der Waals surface area contributed by atoms with Crippen LogP contribution in [0.25, 0.3) is 11.3 Å². The van der Waals surface area contributed by atoms with Crippen LogP contribution in [0.15, 0.2) is 41.8 Å². The Morgan fingerprint density at radius 1 is 1.10 bits per heavy atom. The monoisotopic (exact) mass is 405 g/mol. The number of amides is 2. The maximum absolute atomic E-state index is 12.6. The first kappa shape index (κ1) is 19.3. The Hall–Kier alpha value is -2.99. The second-order valence-electron chi connectivity index (χ2n) is 7.46. The van der Waals surface area contributed by atoms with Crippen molar-refractivity contribution in [3.63, 3.8) is 0 Å². The van der Waals surface area contributed by atoms with Crippen LogP contribution in [0.4, 0.5) is 10.8 Å². The third-order valence-corrected chi connectivity index (χ3v) is 5.93. The highest BCUT2D eigenvalue weighted by molar-refractivity contribution is 7.14.